The molecule has 0 fully saturated rings. The third-order valence-corrected chi connectivity index (χ3v) is 1.11. The fourth-order valence-electron chi connectivity index (χ4n) is 0.466. The number of aliphatic carboxylic acids is 1. The average Bonchev–Trinajstić information content (AvgIpc) is 2.07. The SMILES string of the molecule is CC.CO[C@H](C)CNCC(=O)O. The Morgan fingerprint density at radius 1 is 1.58 bits per heavy atom. The number of hydrogen-bond donors (Lipinski definition) is 2. The first-order chi connectivity index (χ1) is 5.66. The summed E-state index contributed by atoms with van der Waals surface area (Å²) >= 11 is 0. The Bertz CT molecular complexity index is 106. The van der Waals surface area contributed by atoms with Gasteiger partial charge in [0.15, 0.2) is 0 Å². The van der Waals surface area contributed by atoms with Gasteiger partial charge < -0.3 is 15.2 Å². The minimum atomic E-state index is -0.844. The van der Waals surface area contributed by atoms with Gasteiger partial charge in [0.25, 0.3) is 0 Å². The van der Waals surface area contributed by atoms with E-state index in [9.17, 15) is 4.79 Å². The molecule has 0 saturated heterocycles. The predicted octanol–water partition coefficient (Wildman–Crippen LogP) is 0.722. The third-order valence-electron chi connectivity index (χ3n) is 1.11. The van der Waals surface area contributed by atoms with Gasteiger partial charge >= 0.3 is 5.97 Å². The molecule has 0 aliphatic heterocycles. The van der Waals surface area contributed by atoms with Crippen molar-refractivity contribution in [2.24, 2.45) is 0 Å². The Morgan fingerprint density at radius 2 is 2.08 bits per heavy atom. The number of carboxylic acids is 1. The lowest BCUT2D eigenvalue weighted by molar-refractivity contribution is -0.136. The molecule has 0 amide bonds. The molecule has 12 heavy (non-hydrogen) atoms. The highest BCUT2D eigenvalue weighted by Gasteiger charge is 1.99. The van der Waals surface area contributed by atoms with E-state index < -0.39 is 5.97 Å². The van der Waals surface area contributed by atoms with Gasteiger partial charge in [-0.2, -0.15) is 0 Å². The molecule has 0 aliphatic carbocycles. The van der Waals surface area contributed by atoms with Crippen molar-refractivity contribution in [2.45, 2.75) is 26.9 Å². The van der Waals surface area contributed by atoms with Crippen LogP contribution < -0.4 is 5.32 Å². The lowest BCUT2D eigenvalue weighted by Crippen LogP contribution is -2.30. The van der Waals surface area contributed by atoms with Gasteiger partial charge in [-0.3, -0.25) is 4.79 Å². The Hall–Kier alpha value is -0.610. The molecule has 0 spiro atoms. The Labute approximate surface area is 73.9 Å². The standard InChI is InChI=1S/C6H13NO3.C2H6/c1-5(10-2)3-7-4-6(8)9;1-2/h5,7H,3-4H2,1-2H3,(H,8,9);1-2H3/t5-;/m1./s1. The van der Waals surface area contributed by atoms with Crippen LogP contribution in [0.1, 0.15) is 20.8 Å². The molecule has 0 rings (SSSR count). The highest BCUT2D eigenvalue weighted by Crippen LogP contribution is 1.82. The number of hydrogen-bond acceptors (Lipinski definition) is 3. The van der Waals surface area contributed by atoms with E-state index in [0.29, 0.717) is 6.54 Å². The van der Waals surface area contributed by atoms with Crippen LogP contribution in [0.2, 0.25) is 0 Å². The molecule has 74 valence electrons. The summed E-state index contributed by atoms with van der Waals surface area (Å²) < 4.78 is 4.88. The van der Waals surface area contributed by atoms with Gasteiger partial charge in [0.1, 0.15) is 0 Å². The normalized spacial score (nSPS) is 11.3. The summed E-state index contributed by atoms with van der Waals surface area (Å²) in [6.07, 6.45) is 0.0688. The second-order valence-electron chi connectivity index (χ2n) is 2.07. The van der Waals surface area contributed by atoms with Crippen LogP contribution in [0.15, 0.2) is 0 Å². The van der Waals surface area contributed by atoms with Crippen LogP contribution in [0.4, 0.5) is 0 Å². The molecule has 0 aromatic heterocycles. The summed E-state index contributed by atoms with van der Waals surface area (Å²) in [5.41, 5.74) is 0. The van der Waals surface area contributed by atoms with Gasteiger partial charge in [0.2, 0.25) is 0 Å². The molecular weight excluding hydrogens is 158 g/mol. The monoisotopic (exact) mass is 177 g/mol. The van der Waals surface area contributed by atoms with E-state index in [4.69, 9.17) is 9.84 Å². The van der Waals surface area contributed by atoms with Crippen molar-refractivity contribution < 1.29 is 14.6 Å². The Balaban J connectivity index is 0. The number of ether oxygens (including phenoxy) is 1. The van der Waals surface area contributed by atoms with Crippen molar-refractivity contribution in [3.63, 3.8) is 0 Å². The summed E-state index contributed by atoms with van der Waals surface area (Å²) in [4.78, 5) is 9.97. The van der Waals surface area contributed by atoms with Crippen molar-refractivity contribution >= 4 is 5.97 Å². The number of carbonyl (C=O) groups is 1. The van der Waals surface area contributed by atoms with E-state index in [1.54, 1.807) is 7.11 Å². The Morgan fingerprint density at radius 3 is 2.42 bits per heavy atom. The second kappa shape index (κ2) is 10.4. The third kappa shape index (κ3) is 12.1. The Kier molecular flexibility index (Phi) is 12.1. The first-order valence-electron chi connectivity index (χ1n) is 4.12. The maximum absolute atomic E-state index is 9.97. The van der Waals surface area contributed by atoms with Gasteiger partial charge in [0.05, 0.1) is 12.6 Å². The largest absolute Gasteiger partial charge is 0.480 e. The molecule has 0 bridgehead atoms. The summed E-state index contributed by atoms with van der Waals surface area (Å²) in [5.74, 6) is -0.844. The van der Waals surface area contributed by atoms with Crippen molar-refractivity contribution in [1.29, 1.82) is 0 Å². The summed E-state index contributed by atoms with van der Waals surface area (Å²) in [6, 6.07) is 0. The fraction of sp³-hybridized carbons (Fsp3) is 0.875. The molecule has 1 atom stereocenters. The van der Waals surface area contributed by atoms with E-state index in [1.807, 2.05) is 20.8 Å². The van der Waals surface area contributed by atoms with Gasteiger partial charge in [-0.15, -0.1) is 0 Å². The number of methoxy groups -OCH3 is 1. The lowest BCUT2D eigenvalue weighted by atomic mass is 10.4. The molecular formula is C8H19NO3. The molecule has 0 heterocycles. The van der Waals surface area contributed by atoms with Gasteiger partial charge in [-0.25, -0.2) is 0 Å². The smallest absolute Gasteiger partial charge is 0.317 e. The van der Waals surface area contributed by atoms with Gasteiger partial charge in [-0.1, -0.05) is 13.8 Å². The average molecular weight is 177 g/mol. The molecule has 0 aliphatic rings. The zero-order valence-corrected chi connectivity index (χ0v) is 8.26. The minimum absolute atomic E-state index is 0.00625. The van der Waals surface area contributed by atoms with Crippen LogP contribution in [0.25, 0.3) is 0 Å². The van der Waals surface area contributed by atoms with Crippen LogP contribution in [-0.2, 0) is 9.53 Å². The molecule has 0 aromatic rings. The number of carboxylic acid groups (broad SMARTS) is 1. The van der Waals surface area contributed by atoms with Gasteiger partial charge in [-0.05, 0) is 6.92 Å². The predicted molar refractivity (Wildman–Crippen MR) is 48.3 cm³/mol. The van der Waals surface area contributed by atoms with Crippen molar-refractivity contribution in [3.8, 4) is 0 Å². The van der Waals surface area contributed by atoms with Crippen molar-refractivity contribution in [2.75, 3.05) is 20.2 Å². The number of nitrogens with one attached hydrogen (secondary N) is 1. The summed E-state index contributed by atoms with van der Waals surface area (Å²) in [7, 11) is 1.59. The first kappa shape index (κ1) is 13.9. The van der Waals surface area contributed by atoms with E-state index in [0.717, 1.165) is 0 Å². The summed E-state index contributed by atoms with van der Waals surface area (Å²) in [6.45, 7) is 6.44. The molecule has 4 nitrogen and oxygen atoms in total. The van der Waals surface area contributed by atoms with Crippen molar-refractivity contribution in [1.82, 2.24) is 5.32 Å². The lowest BCUT2D eigenvalue weighted by Gasteiger charge is -2.08. The minimum Gasteiger partial charge on any atom is -0.480 e. The summed E-state index contributed by atoms with van der Waals surface area (Å²) in [5, 5.41) is 10.9. The van der Waals surface area contributed by atoms with Crippen LogP contribution in [0, 0.1) is 0 Å². The fourth-order valence-corrected chi connectivity index (χ4v) is 0.466. The quantitative estimate of drug-likeness (QED) is 0.649. The molecule has 0 unspecified atom stereocenters. The molecule has 0 saturated carbocycles. The van der Waals surface area contributed by atoms with Crippen LogP contribution in [-0.4, -0.2) is 37.4 Å². The van der Waals surface area contributed by atoms with Crippen molar-refractivity contribution in [3.05, 3.63) is 0 Å². The molecule has 0 aromatic carbocycles. The van der Waals surface area contributed by atoms with E-state index >= 15 is 0 Å². The first-order valence-corrected chi connectivity index (χ1v) is 4.12. The van der Waals surface area contributed by atoms with Crippen LogP contribution in [0.5, 0.6) is 0 Å². The van der Waals surface area contributed by atoms with Gasteiger partial charge in [0, 0.05) is 13.7 Å². The maximum atomic E-state index is 9.97. The molecule has 4 heteroatoms. The topological polar surface area (TPSA) is 58.6 Å². The maximum Gasteiger partial charge on any atom is 0.317 e. The highest BCUT2D eigenvalue weighted by molar-refractivity contribution is 5.68. The van der Waals surface area contributed by atoms with E-state index in [1.165, 1.54) is 0 Å². The zero-order valence-electron chi connectivity index (χ0n) is 8.26. The number of rotatable bonds is 5. The zero-order chi connectivity index (χ0) is 9.98. The molecule has 0 radical (unpaired) electrons. The highest BCUT2D eigenvalue weighted by atomic mass is 16.5. The van der Waals surface area contributed by atoms with E-state index in [-0.39, 0.29) is 12.6 Å². The van der Waals surface area contributed by atoms with Crippen LogP contribution >= 0.6 is 0 Å². The van der Waals surface area contributed by atoms with E-state index in [2.05, 4.69) is 5.32 Å². The molecule has 2 N–H and O–H groups in total. The second-order valence-corrected chi connectivity index (χ2v) is 2.07. The van der Waals surface area contributed by atoms with Crippen LogP contribution in [0.3, 0.4) is 0 Å².